The van der Waals surface area contributed by atoms with Crippen molar-refractivity contribution in [3.63, 3.8) is 0 Å². The molecule has 0 aliphatic heterocycles. The molecule has 4 nitrogen and oxygen atoms in total. The Kier molecular flexibility index (Phi) is 27.7. The predicted octanol–water partition coefficient (Wildman–Crippen LogP) is 10.1. The normalized spacial score (nSPS) is 12.0. The quantitative estimate of drug-likeness (QED) is 0.0776. The average molecular weight is 511 g/mol. The van der Waals surface area contributed by atoms with Crippen LogP contribution in [0.1, 0.15) is 175 Å². The molecule has 0 amide bonds. The summed E-state index contributed by atoms with van der Waals surface area (Å²) in [5, 5.41) is 0. The second kappa shape index (κ2) is 28.5. The van der Waals surface area contributed by atoms with Crippen LogP contribution in [0.15, 0.2) is 0 Å². The van der Waals surface area contributed by atoms with Crippen molar-refractivity contribution >= 4 is 11.9 Å². The predicted molar refractivity (Wildman–Crippen MR) is 153 cm³/mol. The lowest BCUT2D eigenvalue weighted by Crippen LogP contribution is -2.10. The standard InChI is InChI=1S/C32H62O4/c1-4-6-8-23-27-35-31(33)26-22-20-18-16-14-12-10-11-13-15-17-19-21-25-30(3)29-32(34)36-28-24-9-7-5-2/h30H,4-29H2,1-3H3. The fourth-order valence-corrected chi connectivity index (χ4v) is 4.65. The molecule has 0 heterocycles. The minimum absolute atomic E-state index is 0.00536. The maximum Gasteiger partial charge on any atom is 0.306 e. The highest BCUT2D eigenvalue weighted by molar-refractivity contribution is 5.69. The van der Waals surface area contributed by atoms with E-state index in [0.29, 0.717) is 32.0 Å². The number of ether oxygens (including phenoxy) is 2. The van der Waals surface area contributed by atoms with Gasteiger partial charge in [-0.1, -0.05) is 143 Å². The molecule has 1 atom stereocenters. The number of carbonyl (C=O) groups excluding carboxylic acids is 2. The van der Waals surface area contributed by atoms with E-state index in [2.05, 4.69) is 20.8 Å². The van der Waals surface area contributed by atoms with Crippen LogP contribution >= 0.6 is 0 Å². The monoisotopic (exact) mass is 510 g/mol. The number of hydrogen-bond acceptors (Lipinski definition) is 4. The van der Waals surface area contributed by atoms with Crippen LogP contribution in [-0.2, 0) is 19.1 Å². The summed E-state index contributed by atoms with van der Waals surface area (Å²) in [6.45, 7) is 7.78. The molecule has 0 aromatic rings. The topological polar surface area (TPSA) is 52.6 Å². The summed E-state index contributed by atoms with van der Waals surface area (Å²) >= 11 is 0. The van der Waals surface area contributed by atoms with Gasteiger partial charge in [0.1, 0.15) is 0 Å². The van der Waals surface area contributed by atoms with Gasteiger partial charge in [0.25, 0.3) is 0 Å². The van der Waals surface area contributed by atoms with Gasteiger partial charge in [-0.2, -0.15) is 0 Å². The van der Waals surface area contributed by atoms with Crippen LogP contribution in [0, 0.1) is 5.92 Å². The molecule has 0 aromatic heterocycles. The van der Waals surface area contributed by atoms with Crippen LogP contribution in [0.4, 0.5) is 0 Å². The van der Waals surface area contributed by atoms with Crippen LogP contribution < -0.4 is 0 Å². The molecule has 0 saturated carbocycles. The van der Waals surface area contributed by atoms with Crippen molar-refractivity contribution in [3.8, 4) is 0 Å². The van der Waals surface area contributed by atoms with Crippen molar-refractivity contribution in [2.24, 2.45) is 5.92 Å². The highest BCUT2D eigenvalue weighted by Crippen LogP contribution is 2.17. The molecular weight excluding hydrogens is 448 g/mol. The van der Waals surface area contributed by atoms with Gasteiger partial charge in [0, 0.05) is 12.8 Å². The first-order chi connectivity index (χ1) is 17.6. The molecule has 4 heteroatoms. The minimum atomic E-state index is -0.00722. The SMILES string of the molecule is CCCCCCOC(=O)CCCCCCCCCCCCCCCC(C)CC(=O)OCCCCCC. The number of hydrogen-bond donors (Lipinski definition) is 0. The van der Waals surface area contributed by atoms with Gasteiger partial charge in [-0.15, -0.1) is 0 Å². The van der Waals surface area contributed by atoms with E-state index < -0.39 is 0 Å². The molecule has 1 unspecified atom stereocenters. The van der Waals surface area contributed by atoms with Gasteiger partial charge in [-0.05, 0) is 25.2 Å². The molecule has 0 aromatic carbocycles. The van der Waals surface area contributed by atoms with E-state index in [1.54, 1.807) is 0 Å². The summed E-state index contributed by atoms with van der Waals surface area (Å²) in [5.74, 6) is 0.434. The van der Waals surface area contributed by atoms with E-state index >= 15 is 0 Å². The summed E-state index contributed by atoms with van der Waals surface area (Å²) in [6, 6.07) is 0. The van der Waals surface area contributed by atoms with E-state index in [9.17, 15) is 9.59 Å². The molecule has 214 valence electrons. The Balaban J connectivity index is 3.27. The zero-order valence-corrected chi connectivity index (χ0v) is 24.6. The maximum atomic E-state index is 11.9. The molecule has 0 fully saturated rings. The zero-order chi connectivity index (χ0) is 26.5. The van der Waals surface area contributed by atoms with Gasteiger partial charge >= 0.3 is 11.9 Å². The first-order valence-electron chi connectivity index (χ1n) is 15.9. The fraction of sp³-hybridized carbons (Fsp3) is 0.938. The van der Waals surface area contributed by atoms with E-state index in [1.165, 1.54) is 109 Å². The molecule has 0 aliphatic rings. The minimum Gasteiger partial charge on any atom is -0.466 e. The van der Waals surface area contributed by atoms with E-state index in [4.69, 9.17) is 9.47 Å². The third-order valence-electron chi connectivity index (χ3n) is 7.11. The molecule has 0 N–H and O–H groups in total. The Morgan fingerprint density at radius 2 is 0.889 bits per heavy atom. The molecule has 0 rings (SSSR count). The Morgan fingerprint density at radius 3 is 1.36 bits per heavy atom. The summed E-state index contributed by atoms with van der Waals surface area (Å²) in [7, 11) is 0. The Morgan fingerprint density at radius 1 is 0.500 bits per heavy atom. The molecule has 0 radical (unpaired) electrons. The smallest absolute Gasteiger partial charge is 0.306 e. The highest BCUT2D eigenvalue weighted by atomic mass is 16.5. The average Bonchev–Trinajstić information content (AvgIpc) is 2.86. The highest BCUT2D eigenvalue weighted by Gasteiger charge is 2.10. The van der Waals surface area contributed by atoms with Crippen molar-refractivity contribution in [2.45, 2.75) is 175 Å². The Labute approximate surface area is 225 Å². The molecule has 36 heavy (non-hydrogen) atoms. The van der Waals surface area contributed by atoms with Crippen LogP contribution in [0.5, 0.6) is 0 Å². The third kappa shape index (κ3) is 27.5. The number of carbonyl (C=O) groups is 2. The summed E-state index contributed by atoms with van der Waals surface area (Å²) in [6.07, 6.45) is 28.3. The Hall–Kier alpha value is -1.06. The largest absolute Gasteiger partial charge is 0.466 e. The van der Waals surface area contributed by atoms with Crippen molar-refractivity contribution < 1.29 is 19.1 Å². The van der Waals surface area contributed by atoms with Gasteiger partial charge in [-0.25, -0.2) is 0 Å². The van der Waals surface area contributed by atoms with Crippen molar-refractivity contribution in [1.29, 1.82) is 0 Å². The van der Waals surface area contributed by atoms with Crippen molar-refractivity contribution in [3.05, 3.63) is 0 Å². The van der Waals surface area contributed by atoms with Crippen LogP contribution in [-0.4, -0.2) is 25.2 Å². The van der Waals surface area contributed by atoms with Crippen LogP contribution in [0.3, 0.4) is 0 Å². The van der Waals surface area contributed by atoms with Gasteiger partial charge in [0.15, 0.2) is 0 Å². The van der Waals surface area contributed by atoms with E-state index in [1.807, 2.05) is 0 Å². The zero-order valence-electron chi connectivity index (χ0n) is 24.6. The van der Waals surface area contributed by atoms with E-state index in [0.717, 1.165) is 32.1 Å². The summed E-state index contributed by atoms with van der Waals surface area (Å²) in [5.41, 5.74) is 0. The van der Waals surface area contributed by atoms with Gasteiger partial charge in [-0.3, -0.25) is 9.59 Å². The lowest BCUT2D eigenvalue weighted by molar-refractivity contribution is -0.145. The molecule has 0 aliphatic carbocycles. The maximum absolute atomic E-state index is 11.9. The summed E-state index contributed by atoms with van der Waals surface area (Å²) < 4.78 is 10.6. The van der Waals surface area contributed by atoms with Crippen LogP contribution in [0.25, 0.3) is 0 Å². The summed E-state index contributed by atoms with van der Waals surface area (Å²) in [4.78, 5) is 23.6. The number of esters is 2. The molecular formula is C32H62O4. The Bertz CT molecular complexity index is 477. The number of rotatable bonds is 28. The van der Waals surface area contributed by atoms with E-state index in [-0.39, 0.29) is 11.9 Å². The lowest BCUT2D eigenvalue weighted by atomic mass is 9.98. The first-order valence-corrected chi connectivity index (χ1v) is 15.9. The van der Waals surface area contributed by atoms with Crippen molar-refractivity contribution in [1.82, 2.24) is 0 Å². The molecule has 0 bridgehead atoms. The van der Waals surface area contributed by atoms with Gasteiger partial charge in [0.2, 0.25) is 0 Å². The van der Waals surface area contributed by atoms with Gasteiger partial charge in [0.05, 0.1) is 13.2 Å². The third-order valence-corrected chi connectivity index (χ3v) is 7.11. The fourth-order valence-electron chi connectivity index (χ4n) is 4.65. The number of unbranched alkanes of at least 4 members (excludes halogenated alkanes) is 18. The second-order valence-electron chi connectivity index (χ2n) is 11.0. The molecule has 0 spiro atoms. The van der Waals surface area contributed by atoms with Crippen molar-refractivity contribution in [2.75, 3.05) is 13.2 Å². The van der Waals surface area contributed by atoms with Crippen LogP contribution in [0.2, 0.25) is 0 Å². The second-order valence-corrected chi connectivity index (χ2v) is 11.0. The lowest BCUT2D eigenvalue weighted by Gasteiger charge is -2.11. The first kappa shape index (κ1) is 34.9. The van der Waals surface area contributed by atoms with Gasteiger partial charge < -0.3 is 9.47 Å². The molecule has 0 saturated heterocycles.